The number of aryl methyl sites for hydroxylation is 3. The maximum atomic E-state index is 12.7. The molecule has 162 valence electrons. The van der Waals surface area contributed by atoms with E-state index in [0.717, 1.165) is 16.7 Å². The van der Waals surface area contributed by atoms with E-state index in [1.54, 1.807) is 37.3 Å². The number of amides is 1. The first-order valence-electron chi connectivity index (χ1n) is 9.89. The van der Waals surface area contributed by atoms with E-state index >= 15 is 0 Å². The third-order valence-corrected chi connectivity index (χ3v) is 6.36. The lowest BCUT2D eigenvalue weighted by molar-refractivity contribution is -0.122. The minimum atomic E-state index is -3.74. The maximum Gasteiger partial charge on any atom is 0.265 e. The summed E-state index contributed by atoms with van der Waals surface area (Å²) in [7, 11) is -3.74. The summed E-state index contributed by atoms with van der Waals surface area (Å²) >= 11 is 0. The van der Waals surface area contributed by atoms with Crippen molar-refractivity contribution in [1.29, 1.82) is 0 Å². The molecule has 3 aromatic carbocycles. The smallest absolute Gasteiger partial charge is 0.265 e. The summed E-state index contributed by atoms with van der Waals surface area (Å²) in [5.74, 6) is 0.316. The van der Waals surface area contributed by atoms with Gasteiger partial charge in [0.1, 0.15) is 5.75 Å². The van der Waals surface area contributed by atoms with Crippen LogP contribution in [0.15, 0.2) is 71.6 Å². The van der Waals surface area contributed by atoms with E-state index in [9.17, 15) is 13.2 Å². The van der Waals surface area contributed by atoms with Crippen molar-refractivity contribution < 1.29 is 17.9 Å². The van der Waals surface area contributed by atoms with Gasteiger partial charge < -0.3 is 10.1 Å². The first-order chi connectivity index (χ1) is 14.7. The lowest BCUT2D eigenvalue weighted by atomic mass is 10.1. The molecule has 0 aliphatic carbocycles. The molecule has 3 rings (SSSR count). The van der Waals surface area contributed by atoms with Crippen LogP contribution >= 0.6 is 0 Å². The highest BCUT2D eigenvalue weighted by Crippen LogP contribution is 2.21. The summed E-state index contributed by atoms with van der Waals surface area (Å²) in [6, 6.07) is 18.8. The third kappa shape index (κ3) is 5.64. The highest BCUT2D eigenvalue weighted by molar-refractivity contribution is 7.92. The standard InChI is InChI=1S/C24H26N2O4S/c1-16-9-10-21(15-18(16)3)26-31(28,29)22-13-11-20(12-14-22)25-24(27)19(4)30-23-8-6-5-7-17(23)2/h5-15,19,26H,1-4H3,(H,25,27)/t19-/m1/s1. The van der Waals surface area contributed by atoms with Crippen LogP contribution in [0, 0.1) is 20.8 Å². The summed E-state index contributed by atoms with van der Waals surface area (Å²) in [6.07, 6.45) is -0.712. The summed E-state index contributed by atoms with van der Waals surface area (Å²) < 4.78 is 33.6. The van der Waals surface area contributed by atoms with Crippen LogP contribution < -0.4 is 14.8 Å². The molecule has 1 amide bonds. The predicted octanol–water partition coefficient (Wildman–Crippen LogP) is 4.82. The number of hydrogen-bond donors (Lipinski definition) is 2. The summed E-state index contributed by atoms with van der Waals surface area (Å²) in [4.78, 5) is 12.5. The Hall–Kier alpha value is -3.32. The second-order valence-corrected chi connectivity index (χ2v) is 9.13. The van der Waals surface area contributed by atoms with Crippen LogP contribution in [0.5, 0.6) is 5.75 Å². The monoisotopic (exact) mass is 438 g/mol. The molecule has 6 nitrogen and oxygen atoms in total. The van der Waals surface area contributed by atoms with Gasteiger partial charge in [0.25, 0.3) is 15.9 Å². The Balaban J connectivity index is 1.65. The molecule has 0 aliphatic rings. The normalized spacial score (nSPS) is 12.1. The highest BCUT2D eigenvalue weighted by atomic mass is 32.2. The number of benzene rings is 3. The fourth-order valence-electron chi connectivity index (χ4n) is 2.91. The van der Waals surface area contributed by atoms with E-state index in [4.69, 9.17) is 4.74 Å². The first-order valence-corrected chi connectivity index (χ1v) is 11.4. The summed E-state index contributed by atoms with van der Waals surface area (Å²) in [5, 5.41) is 2.74. The number of carbonyl (C=O) groups is 1. The Bertz CT molecular complexity index is 1190. The lowest BCUT2D eigenvalue weighted by Crippen LogP contribution is -2.30. The average Bonchev–Trinajstić information content (AvgIpc) is 2.72. The van der Waals surface area contributed by atoms with Crippen LogP contribution in [0.1, 0.15) is 23.6 Å². The number of sulfonamides is 1. The Kier molecular flexibility index (Phi) is 6.65. The van der Waals surface area contributed by atoms with E-state index in [0.29, 0.717) is 17.1 Å². The van der Waals surface area contributed by atoms with Gasteiger partial charge in [-0.25, -0.2) is 8.42 Å². The Morgan fingerprint density at radius 2 is 1.48 bits per heavy atom. The zero-order valence-corrected chi connectivity index (χ0v) is 18.8. The van der Waals surface area contributed by atoms with Crippen molar-refractivity contribution >= 4 is 27.3 Å². The highest BCUT2D eigenvalue weighted by Gasteiger charge is 2.18. The largest absolute Gasteiger partial charge is 0.481 e. The van der Waals surface area contributed by atoms with Crippen molar-refractivity contribution in [1.82, 2.24) is 0 Å². The van der Waals surface area contributed by atoms with Crippen LogP contribution in [0.4, 0.5) is 11.4 Å². The van der Waals surface area contributed by atoms with Gasteiger partial charge in [-0.1, -0.05) is 24.3 Å². The molecule has 0 saturated carbocycles. The summed E-state index contributed by atoms with van der Waals surface area (Å²) in [5.41, 5.74) is 4.01. The average molecular weight is 439 g/mol. The molecule has 3 aromatic rings. The molecule has 0 aliphatic heterocycles. The zero-order valence-electron chi connectivity index (χ0n) is 18.0. The van der Waals surface area contributed by atoms with E-state index in [1.807, 2.05) is 45.0 Å². The second kappa shape index (κ2) is 9.22. The minimum absolute atomic E-state index is 0.105. The van der Waals surface area contributed by atoms with Crippen LogP contribution in [0.2, 0.25) is 0 Å². The van der Waals surface area contributed by atoms with E-state index < -0.39 is 16.1 Å². The topological polar surface area (TPSA) is 84.5 Å². The predicted molar refractivity (Wildman–Crippen MR) is 123 cm³/mol. The number of hydrogen-bond acceptors (Lipinski definition) is 4. The fourth-order valence-corrected chi connectivity index (χ4v) is 3.96. The van der Waals surface area contributed by atoms with Gasteiger partial charge in [0.05, 0.1) is 4.90 Å². The van der Waals surface area contributed by atoms with Gasteiger partial charge in [-0.05, 0) is 86.8 Å². The lowest BCUT2D eigenvalue weighted by Gasteiger charge is -2.16. The van der Waals surface area contributed by atoms with Gasteiger partial charge in [0.15, 0.2) is 6.10 Å². The first kappa shape index (κ1) is 22.4. The summed E-state index contributed by atoms with van der Waals surface area (Å²) in [6.45, 7) is 7.46. The van der Waals surface area contributed by atoms with Crippen molar-refractivity contribution in [2.75, 3.05) is 10.0 Å². The van der Waals surface area contributed by atoms with Gasteiger partial charge in [0.2, 0.25) is 0 Å². The Morgan fingerprint density at radius 1 is 0.839 bits per heavy atom. The fraction of sp³-hybridized carbons (Fsp3) is 0.208. The molecular formula is C24H26N2O4S. The molecule has 0 heterocycles. The molecule has 2 N–H and O–H groups in total. The molecule has 0 saturated heterocycles. The van der Waals surface area contributed by atoms with Crippen LogP contribution in [-0.2, 0) is 14.8 Å². The van der Waals surface area contributed by atoms with E-state index in [-0.39, 0.29) is 10.8 Å². The maximum absolute atomic E-state index is 12.7. The quantitative estimate of drug-likeness (QED) is 0.554. The van der Waals surface area contributed by atoms with Crippen molar-refractivity contribution in [3.8, 4) is 5.75 Å². The van der Waals surface area contributed by atoms with Crippen molar-refractivity contribution in [2.24, 2.45) is 0 Å². The molecule has 31 heavy (non-hydrogen) atoms. The molecule has 0 radical (unpaired) electrons. The number of rotatable bonds is 7. The number of nitrogens with one attached hydrogen (secondary N) is 2. The number of carbonyl (C=O) groups excluding carboxylic acids is 1. The van der Waals surface area contributed by atoms with Gasteiger partial charge in [0, 0.05) is 11.4 Å². The van der Waals surface area contributed by atoms with Gasteiger partial charge in [-0.15, -0.1) is 0 Å². The molecule has 7 heteroatoms. The van der Waals surface area contributed by atoms with Crippen LogP contribution in [0.25, 0.3) is 0 Å². The van der Waals surface area contributed by atoms with Crippen molar-refractivity contribution in [3.05, 3.63) is 83.4 Å². The second-order valence-electron chi connectivity index (χ2n) is 7.44. The molecule has 1 atom stereocenters. The number of ether oxygens (including phenoxy) is 1. The molecule has 0 bridgehead atoms. The van der Waals surface area contributed by atoms with Crippen LogP contribution in [-0.4, -0.2) is 20.4 Å². The number of para-hydroxylation sites is 1. The zero-order chi connectivity index (χ0) is 22.6. The Labute approximate surface area is 183 Å². The van der Waals surface area contributed by atoms with Gasteiger partial charge in [-0.2, -0.15) is 0 Å². The molecular weight excluding hydrogens is 412 g/mol. The van der Waals surface area contributed by atoms with Crippen LogP contribution in [0.3, 0.4) is 0 Å². The van der Waals surface area contributed by atoms with Crippen molar-refractivity contribution in [3.63, 3.8) is 0 Å². The third-order valence-electron chi connectivity index (χ3n) is 4.96. The minimum Gasteiger partial charge on any atom is -0.481 e. The Morgan fingerprint density at radius 3 is 2.13 bits per heavy atom. The van der Waals surface area contributed by atoms with E-state index in [2.05, 4.69) is 10.0 Å². The van der Waals surface area contributed by atoms with Crippen molar-refractivity contribution in [2.45, 2.75) is 38.7 Å². The van der Waals surface area contributed by atoms with Gasteiger partial charge >= 0.3 is 0 Å². The van der Waals surface area contributed by atoms with Gasteiger partial charge in [-0.3, -0.25) is 9.52 Å². The molecule has 0 spiro atoms. The SMILES string of the molecule is Cc1ccc(NS(=O)(=O)c2ccc(NC(=O)[C@@H](C)Oc3ccccc3C)cc2)cc1C. The molecule has 0 aromatic heterocycles. The molecule has 0 fully saturated rings. The molecule has 0 unspecified atom stereocenters. The van der Waals surface area contributed by atoms with E-state index in [1.165, 1.54) is 12.1 Å². The number of anilines is 2.